The van der Waals surface area contributed by atoms with E-state index in [0.29, 0.717) is 11.1 Å². The molecule has 0 unspecified atom stereocenters. The van der Waals surface area contributed by atoms with E-state index in [1.54, 1.807) is 18.2 Å². The van der Waals surface area contributed by atoms with Crippen LogP contribution in [0.5, 0.6) is 0 Å². The lowest BCUT2D eigenvalue weighted by Crippen LogP contribution is -2.42. The fourth-order valence-corrected chi connectivity index (χ4v) is 2.33. The summed E-state index contributed by atoms with van der Waals surface area (Å²) in [5.41, 5.74) is 1.82. The molecule has 2 aromatic rings. The molecule has 0 fully saturated rings. The first kappa shape index (κ1) is 16.9. The first-order valence-corrected chi connectivity index (χ1v) is 7.79. The highest BCUT2D eigenvalue weighted by Crippen LogP contribution is 2.20. The molecule has 1 N–H and O–H groups in total. The van der Waals surface area contributed by atoms with Gasteiger partial charge in [0.2, 0.25) is 5.91 Å². The molecule has 3 heteroatoms. The molecule has 0 aliphatic heterocycles. The van der Waals surface area contributed by atoms with Gasteiger partial charge in [-0.1, -0.05) is 48.5 Å². The van der Waals surface area contributed by atoms with Crippen LogP contribution in [-0.4, -0.2) is 17.2 Å². The van der Waals surface area contributed by atoms with Crippen LogP contribution in [0.1, 0.15) is 55.1 Å². The molecule has 1 amide bonds. The van der Waals surface area contributed by atoms with E-state index >= 15 is 0 Å². The normalized spacial score (nSPS) is 12.5. The zero-order chi connectivity index (χ0) is 17.0. The quantitative estimate of drug-likeness (QED) is 0.870. The summed E-state index contributed by atoms with van der Waals surface area (Å²) in [6, 6.07) is 16.5. The van der Waals surface area contributed by atoms with Crippen molar-refractivity contribution in [2.45, 2.75) is 39.2 Å². The van der Waals surface area contributed by atoms with Crippen LogP contribution in [0.25, 0.3) is 0 Å². The third kappa shape index (κ3) is 4.52. The van der Waals surface area contributed by atoms with Gasteiger partial charge in [0.1, 0.15) is 0 Å². The van der Waals surface area contributed by atoms with Gasteiger partial charge in [-0.05, 0) is 39.3 Å². The van der Waals surface area contributed by atoms with Crippen molar-refractivity contribution < 1.29 is 9.59 Å². The molecule has 0 heterocycles. The van der Waals surface area contributed by atoms with E-state index in [1.165, 1.54) is 0 Å². The van der Waals surface area contributed by atoms with Crippen molar-refractivity contribution in [1.29, 1.82) is 0 Å². The van der Waals surface area contributed by atoms with Crippen LogP contribution in [0.15, 0.2) is 54.6 Å². The second-order valence-electron chi connectivity index (χ2n) is 6.78. The molecule has 0 aliphatic rings. The molecule has 0 spiro atoms. The van der Waals surface area contributed by atoms with Crippen molar-refractivity contribution in [3.05, 3.63) is 71.3 Å². The van der Waals surface area contributed by atoms with E-state index in [4.69, 9.17) is 0 Å². The first-order valence-electron chi connectivity index (χ1n) is 7.79. The van der Waals surface area contributed by atoms with Crippen LogP contribution in [0.4, 0.5) is 0 Å². The lowest BCUT2D eigenvalue weighted by molar-refractivity contribution is -0.123. The molecule has 1 atom stereocenters. The van der Waals surface area contributed by atoms with Crippen LogP contribution in [0.2, 0.25) is 0 Å². The van der Waals surface area contributed by atoms with Gasteiger partial charge in [-0.2, -0.15) is 0 Å². The Labute approximate surface area is 137 Å². The zero-order valence-electron chi connectivity index (χ0n) is 14.1. The number of ketones is 1. The van der Waals surface area contributed by atoms with Crippen molar-refractivity contribution >= 4 is 11.7 Å². The van der Waals surface area contributed by atoms with Crippen LogP contribution in [0.3, 0.4) is 0 Å². The smallest absolute Gasteiger partial charge is 0.227 e. The molecular weight excluding hydrogens is 286 g/mol. The first-order chi connectivity index (χ1) is 10.8. The minimum atomic E-state index is -0.308. The van der Waals surface area contributed by atoms with E-state index in [2.05, 4.69) is 5.32 Å². The van der Waals surface area contributed by atoms with Crippen LogP contribution in [0, 0.1) is 0 Å². The Bertz CT molecular complexity index is 699. The lowest BCUT2D eigenvalue weighted by Gasteiger charge is -2.23. The molecule has 2 rings (SSSR count). The number of nitrogens with one attached hydrogen (secondary N) is 1. The van der Waals surface area contributed by atoms with Crippen molar-refractivity contribution in [3.63, 3.8) is 0 Å². The Morgan fingerprint density at radius 2 is 1.52 bits per heavy atom. The fourth-order valence-electron chi connectivity index (χ4n) is 2.33. The van der Waals surface area contributed by atoms with Gasteiger partial charge >= 0.3 is 0 Å². The van der Waals surface area contributed by atoms with E-state index in [9.17, 15) is 9.59 Å². The second-order valence-corrected chi connectivity index (χ2v) is 6.78. The summed E-state index contributed by atoms with van der Waals surface area (Å²) >= 11 is 0. The number of carbonyl (C=O) groups excluding carboxylic acids is 2. The van der Waals surface area contributed by atoms with E-state index in [0.717, 1.165) is 5.56 Å². The van der Waals surface area contributed by atoms with E-state index < -0.39 is 0 Å². The lowest BCUT2D eigenvalue weighted by atomic mass is 9.94. The highest BCUT2D eigenvalue weighted by molar-refractivity contribution is 6.09. The minimum absolute atomic E-state index is 0.0316. The maximum atomic E-state index is 12.5. The monoisotopic (exact) mass is 309 g/mol. The molecule has 23 heavy (non-hydrogen) atoms. The summed E-state index contributed by atoms with van der Waals surface area (Å²) in [4.78, 5) is 24.8. The molecular formula is C20H23NO2. The van der Waals surface area contributed by atoms with Gasteiger partial charge in [0.15, 0.2) is 5.78 Å². The van der Waals surface area contributed by atoms with Crippen molar-refractivity contribution in [2.75, 3.05) is 0 Å². The van der Waals surface area contributed by atoms with Crippen molar-refractivity contribution in [1.82, 2.24) is 5.32 Å². The van der Waals surface area contributed by atoms with Gasteiger partial charge in [0.25, 0.3) is 0 Å². The Hall–Kier alpha value is -2.42. The average Bonchev–Trinajstić information content (AvgIpc) is 2.52. The van der Waals surface area contributed by atoms with Crippen LogP contribution < -0.4 is 5.32 Å². The molecule has 0 aliphatic carbocycles. The largest absolute Gasteiger partial charge is 0.351 e. The standard InChI is InChI=1S/C20H23NO2/c1-14(19(23)21-20(2,3)4)16-11-8-12-17(13-16)18(22)15-9-6-5-7-10-15/h5-14H,1-4H3,(H,21,23)/t14-/m0/s1. The third-order valence-electron chi connectivity index (χ3n) is 3.58. The Balaban J connectivity index is 2.23. The molecule has 0 saturated heterocycles. The van der Waals surface area contributed by atoms with Crippen LogP contribution in [-0.2, 0) is 4.79 Å². The molecule has 0 saturated carbocycles. The number of carbonyl (C=O) groups is 2. The highest BCUT2D eigenvalue weighted by atomic mass is 16.2. The Kier molecular flexibility index (Phi) is 4.99. The van der Waals surface area contributed by atoms with Gasteiger partial charge in [-0.25, -0.2) is 0 Å². The number of amides is 1. The summed E-state index contributed by atoms with van der Waals surface area (Å²) in [5, 5.41) is 2.97. The zero-order valence-corrected chi connectivity index (χ0v) is 14.1. The summed E-state index contributed by atoms with van der Waals surface area (Å²) in [6.45, 7) is 7.71. The molecule has 2 aromatic carbocycles. The van der Waals surface area contributed by atoms with Gasteiger partial charge in [0.05, 0.1) is 5.92 Å². The maximum Gasteiger partial charge on any atom is 0.227 e. The van der Waals surface area contributed by atoms with Crippen molar-refractivity contribution in [2.24, 2.45) is 0 Å². The number of hydrogen-bond donors (Lipinski definition) is 1. The molecule has 120 valence electrons. The number of benzene rings is 2. The van der Waals surface area contributed by atoms with Crippen molar-refractivity contribution in [3.8, 4) is 0 Å². The molecule has 0 aromatic heterocycles. The number of hydrogen-bond acceptors (Lipinski definition) is 2. The minimum Gasteiger partial charge on any atom is -0.351 e. The fraction of sp³-hybridized carbons (Fsp3) is 0.300. The Morgan fingerprint density at radius 3 is 2.13 bits per heavy atom. The highest BCUT2D eigenvalue weighted by Gasteiger charge is 2.21. The molecule has 0 radical (unpaired) electrons. The molecule has 0 bridgehead atoms. The Morgan fingerprint density at radius 1 is 0.913 bits per heavy atom. The molecule has 3 nitrogen and oxygen atoms in total. The average molecular weight is 309 g/mol. The van der Waals surface area contributed by atoms with E-state index in [-0.39, 0.29) is 23.1 Å². The van der Waals surface area contributed by atoms with Gasteiger partial charge in [-0.15, -0.1) is 0 Å². The van der Waals surface area contributed by atoms with Gasteiger partial charge < -0.3 is 5.32 Å². The van der Waals surface area contributed by atoms with E-state index in [1.807, 2.05) is 64.1 Å². The second kappa shape index (κ2) is 6.78. The topological polar surface area (TPSA) is 46.2 Å². The van der Waals surface area contributed by atoms with Crippen LogP contribution >= 0.6 is 0 Å². The maximum absolute atomic E-state index is 12.5. The summed E-state index contributed by atoms with van der Waals surface area (Å²) in [5.74, 6) is -0.379. The predicted molar refractivity (Wildman–Crippen MR) is 92.6 cm³/mol. The number of rotatable bonds is 4. The van der Waals surface area contributed by atoms with Gasteiger partial charge in [-0.3, -0.25) is 9.59 Å². The summed E-state index contributed by atoms with van der Waals surface area (Å²) in [7, 11) is 0. The SMILES string of the molecule is C[C@H](C(=O)NC(C)(C)C)c1cccc(C(=O)c2ccccc2)c1. The predicted octanol–water partition coefficient (Wildman–Crippen LogP) is 3.94. The van der Waals surface area contributed by atoms with Gasteiger partial charge in [0, 0.05) is 16.7 Å². The summed E-state index contributed by atoms with van der Waals surface area (Å²) in [6.07, 6.45) is 0. The third-order valence-corrected chi connectivity index (χ3v) is 3.58. The summed E-state index contributed by atoms with van der Waals surface area (Å²) < 4.78 is 0.